The molecule has 2 unspecified atom stereocenters. The fourth-order valence-electron chi connectivity index (χ4n) is 4.30. The van der Waals surface area contributed by atoms with Crippen LogP contribution in [-0.4, -0.2) is 42.1 Å². The predicted octanol–water partition coefficient (Wildman–Crippen LogP) is 3.07. The van der Waals surface area contributed by atoms with Crippen LogP contribution in [0.2, 0.25) is 0 Å². The van der Waals surface area contributed by atoms with E-state index in [-0.39, 0.29) is 11.9 Å². The number of H-pyrrole nitrogens is 1. The zero-order chi connectivity index (χ0) is 20.3. The number of hydrogen-bond acceptors (Lipinski definition) is 5. The molecule has 8 heteroatoms. The fourth-order valence-corrected chi connectivity index (χ4v) is 4.30. The molecular weight excluding hydrogens is 378 g/mol. The molecule has 1 aliphatic carbocycles. The Bertz CT molecular complexity index is 1100. The smallest absolute Gasteiger partial charge is 0.251 e. The number of carbonyl (C=O) groups is 1. The van der Waals surface area contributed by atoms with Gasteiger partial charge in [0.05, 0.1) is 16.7 Å². The van der Waals surface area contributed by atoms with Gasteiger partial charge in [0.15, 0.2) is 0 Å². The standard InChI is InChI=1S/C22H23N7O/c30-22(16-8-10-18(11-9-16)29-14-23-27-28-29)24-17-5-3-4-15(12-17)13-21-25-19-6-1-2-7-20(19)26-21/h1-2,6-11,14-15,17H,3-5,12-13H2,(H,24,30)(H,25,26). The molecular formula is C22H23N7O. The SMILES string of the molecule is O=C(NC1CCCC(Cc2nc3ccccc3[nH]2)C1)c1ccc(-n2cnnn2)cc1. The van der Waals surface area contributed by atoms with Crippen molar-refractivity contribution in [1.82, 2.24) is 35.5 Å². The molecule has 1 fully saturated rings. The number of para-hydroxylation sites is 2. The average Bonchev–Trinajstić information content (AvgIpc) is 3.44. The molecule has 1 aliphatic rings. The molecule has 152 valence electrons. The van der Waals surface area contributed by atoms with Gasteiger partial charge in [0.1, 0.15) is 12.2 Å². The van der Waals surface area contributed by atoms with Crippen LogP contribution in [0, 0.1) is 5.92 Å². The number of nitrogens with zero attached hydrogens (tertiary/aromatic N) is 5. The van der Waals surface area contributed by atoms with E-state index in [0.717, 1.165) is 48.2 Å². The Hall–Kier alpha value is -3.55. The molecule has 30 heavy (non-hydrogen) atoms. The third-order valence-electron chi connectivity index (χ3n) is 5.78. The number of rotatable bonds is 5. The highest BCUT2D eigenvalue weighted by Crippen LogP contribution is 2.27. The molecule has 2 aromatic heterocycles. The number of hydrogen-bond donors (Lipinski definition) is 2. The highest BCUT2D eigenvalue weighted by Gasteiger charge is 2.24. The van der Waals surface area contributed by atoms with Crippen LogP contribution in [0.3, 0.4) is 0 Å². The van der Waals surface area contributed by atoms with Crippen molar-refractivity contribution < 1.29 is 4.79 Å². The lowest BCUT2D eigenvalue weighted by Crippen LogP contribution is -2.38. The summed E-state index contributed by atoms with van der Waals surface area (Å²) in [5.74, 6) is 1.52. The molecule has 0 radical (unpaired) electrons. The van der Waals surface area contributed by atoms with Crippen molar-refractivity contribution in [3.63, 3.8) is 0 Å². The molecule has 2 aromatic carbocycles. The van der Waals surface area contributed by atoms with Gasteiger partial charge in [-0.05, 0) is 72.0 Å². The zero-order valence-corrected chi connectivity index (χ0v) is 16.5. The van der Waals surface area contributed by atoms with Crippen LogP contribution in [0.25, 0.3) is 16.7 Å². The van der Waals surface area contributed by atoms with Gasteiger partial charge in [-0.2, -0.15) is 0 Å². The molecule has 1 amide bonds. The van der Waals surface area contributed by atoms with Gasteiger partial charge in [-0.1, -0.05) is 18.6 Å². The van der Waals surface area contributed by atoms with E-state index in [1.54, 1.807) is 16.8 Å². The van der Waals surface area contributed by atoms with Crippen molar-refractivity contribution in [2.45, 2.75) is 38.1 Å². The first-order chi connectivity index (χ1) is 14.7. The topological polar surface area (TPSA) is 101 Å². The van der Waals surface area contributed by atoms with E-state index in [0.29, 0.717) is 11.5 Å². The molecule has 1 saturated carbocycles. The number of imidazole rings is 1. The molecule has 0 bridgehead atoms. The minimum Gasteiger partial charge on any atom is -0.349 e. The maximum absolute atomic E-state index is 12.7. The quantitative estimate of drug-likeness (QED) is 0.535. The van der Waals surface area contributed by atoms with Gasteiger partial charge in [-0.15, -0.1) is 5.10 Å². The number of tetrazole rings is 1. The van der Waals surface area contributed by atoms with Gasteiger partial charge in [-0.25, -0.2) is 9.67 Å². The summed E-state index contributed by atoms with van der Waals surface area (Å²) in [5.41, 5.74) is 3.56. The Morgan fingerprint density at radius 2 is 2.00 bits per heavy atom. The van der Waals surface area contributed by atoms with Crippen LogP contribution in [0.4, 0.5) is 0 Å². The van der Waals surface area contributed by atoms with Gasteiger partial charge in [0.2, 0.25) is 0 Å². The first kappa shape index (κ1) is 18.5. The van der Waals surface area contributed by atoms with E-state index < -0.39 is 0 Å². The van der Waals surface area contributed by atoms with Crippen LogP contribution in [0.1, 0.15) is 41.9 Å². The molecule has 2 heterocycles. The first-order valence-corrected chi connectivity index (χ1v) is 10.3. The van der Waals surface area contributed by atoms with Gasteiger partial charge >= 0.3 is 0 Å². The number of carbonyl (C=O) groups excluding carboxylic acids is 1. The van der Waals surface area contributed by atoms with Crippen LogP contribution >= 0.6 is 0 Å². The van der Waals surface area contributed by atoms with E-state index in [9.17, 15) is 4.79 Å². The van der Waals surface area contributed by atoms with Crippen molar-refractivity contribution in [3.8, 4) is 5.69 Å². The molecule has 5 rings (SSSR count). The fraction of sp³-hybridized carbons (Fsp3) is 0.318. The summed E-state index contributed by atoms with van der Waals surface area (Å²) >= 11 is 0. The maximum atomic E-state index is 12.7. The lowest BCUT2D eigenvalue weighted by molar-refractivity contribution is 0.0919. The van der Waals surface area contributed by atoms with Crippen molar-refractivity contribution in [2.75, 3.05) is 0 Å². The number of benzene rings is 2. The Kier molecular flexibility index (Phi) is 4.96. The minimum atomic E-state index is -0.0346. The predicted molar refractivity (Wildman–Crippen MR) is 112 cm³/mol. The largest absolute Gasteiger partial charge is 0.349 e. The maximum Gasteiger partial charge on any atom is 0.251 e. The number of amides is 1. The van der Waals surface area contributed by atoms with Crippen LogP contribution in [0.5, 0.6) is 0 Å². The molecule has 0 aliphatic heterocycles. The molecule has 2 N–H and O–H groups in total. The summed E-state index contributed by atoms with van der Waals surface area (Å²) in [4.78, 5) is 20.9. The summed E-state index contributed by atoms with van der Waals surface area (Å²) in [6, 6.07) is 15.6. The van der Waals surface area contributed by atoms with Crippen LogP contribution < -0.4 is 5.32 Å². The van der Waals surface area contributed by atoms with Crippen molar-refractivity contribution in [1.29, 1.82) is 0 Å². The monoisotopic (exact) mass is 401 g/mol. The summed E-state index contributed by atoms with van der Waals surface area (Å²) in [7, 11) is 0. The highest BCUT2D eigenvalue weighted by molar-refractivity contribution is 5.94. The van der Waals surface area contributed by atoms with E-state index >= 15 is 0 Å². The number of fused-ring (bicyclic) bond motifs is 1. The lowest BCUT2D eigenvalue weighted by atomic mass is 9.83. The van der Waals surface area contributed by atoms with Crippen molar-refractivity contribution in [2.24, 2.45) is 5.92 Å². The summed E-state index contributed by atoms with van der Waals surface area (Å²) < 4.78 is 1.56. The van der Waals surface area contributed by atoms with E-state index in [2.05, 4.69) is 31.9 Å². The molecule has 8 nitrogen and oxygen atoms in total. The van der Waals surface area contributed by atoms with Gasteiger partial charge in [-0.3, -0.25) is 4.79 Å². The van der Waals surface area contributed by atoms with Gasteiger partial charge < -0.3 is 10.3 Å². The van der Waals surface area contributed by atoms with Gasteiger partial charge in [0, 0.05) is 18.0 Å². The summed E-state index contributed by atoms with van der Waals surface area (Å²) in [6.45, 7) is 0. The van der Waals surface area contributed by atoms with Crippen LogP contribution in [-0.2, 0) is 6.42 Å². The van der Waals surface area contributed by atoms with E-state index in [1.165, 1.54) is 12.7 Å². The van der Waals surface area contributed by atoms with E-state index in [4.69, 9.17) is 4.98 Å². The van der Waals surface area contributed by atoms with Gasteiger partial charge in [0.25, 0.3) is 5.91 Å². The molecule has 0 saturated heterocycles. The normalized spacial score (nSPS) is 19.1. The number of nitrogens with one attached hydrogen (secondary N) is 2. The lowest BCUT2D eigenvalue weighted by Gasteiger charge is -2.29. The third-order valence-corrected chi connectivity index (χ3v) is 5.78. The Morgan fingerprint density at radius 3 is 2.80 bits per heavy atom. The summed E-state index contributed by atoms with van der Waals surface area (Å²) in [6.07, 6.45) is 6.73. The number of aromatic nitrogens is 6. The Morgan fingerprint density at radius 1 is 1.13 bits per heavy atom. The summed E-state index contributed by atoms with van der Waals surface area (Å²) in [5, 5.41) is 14.3. The van der Waals surface area contributed by atoms with Crippen molar-refractivity contribution >= 4 is 16.9 Å². The number of aromatic amines is 1. The Labute approximate surface area is 173 Å². The molecule has 2 atom stereocenters. The average molecular weight is 401 g/mol. The third kappa shape index (κ3) is 3.94. The minimum absolute atomic E-state index is 0.0346. The second-order valence-electron chi connectivity index (χ2n) is 7.91. The zero-order valence-electron chi connectivity index (χ0n) is 16.5. The first-order valence-electron chi connectivity index (χ1n) is 10.3. The molecule has 0 spiro atoms. The van der Waals surface area contributed by atoms with Crippen LogP contribution in [0.15, 0.2) is 54.9 Å². The Balaban J connectivity index is 1.20. The highest BCUT2D eigenvalue weighted by atomic mass is 16.1. The second kappa shape index (κ2) is 8.06. The molecule has 4 aromatic rings. The van der Waals surface area contributed by atoms with E-state index in [1.807, 2.05) is 30.3 Å². The second-order valence-corrected chi connectivity index (χ2v) is 7.91. The van der Waals surface area contributed by atoms with Crippen molar-refractivity contribution in [3.05, 3.63) is 66.2 Å².